The van der Waals surface area contributed by atoms with E-state index < -0.39 is 29.6 Å². The van der Waals surface area contributed by atoms with Crippen molar-refractivity contribution in [3.05, 3.63) is 71.8 Å². The van der Waals surface area contributed by atoms with Crippen molar-refractivity contribution in [2.75, 3.05) is 19.6 Å². The molecular formula is C26H28F4N2O2. The lowest BCUT2D eigenvalue weighted by atomic mass is 9.65. The van der Waals surface area contributed by atoms with Crippen molar-refractivity contribution < 1.29 is 27.1 Å². The molecule has 2 amide bonds. The maximum atomic E-state index is 14.1. The first-order valence-corrected chi connectivity index (χ1v) is 10.8. The van der Waals surface area contributed by atoms with Crippen LogP contribution in [-0.4, -0.2) is 26.5 Å². The second-order valence-corrected chi connectivity index (χ2v) is 8.76. The Morgan fingerprint density at radius 1 is 1.00 bits per heavy atom. The van der Waals surface area contributed by atoms with Crippen LogP contribution in [0.1, 0.15) is 37.4 Å². The van der Waals surface area contributed by atoms with Gasteiger partial charge < -0.3 is 15.4 Å². The molecule has 4 rings (SSSR count). The maximum absolute atomic E-state index is 14.1. The summed E-state index contributed by atoms with van der Waals surface area (Å²) in [5, 5.41) is 7.08. The fourth-order valence-corrected chi connectivity index (χ4v) is 4.81. The van der Waals surface area contributed by atoms with Gasteiger partial charge in [-0.15, -0.1) is 0 Å². The molecule has 0 saturated heterocycles. The summed E-state index contributed by atoms with van der Waals surface area (Å²) in [7, 11) is 2.00. The third-order valence-corrected chi connectivity index (χ3v) is 6.17. The number of fused-ring (bicyclic) bond motifs is 2. The fourth-order valence-electron chi connectivity index (χ4n) is 4.81. The summed E-state index contributed by atoms with van der Waals surface area (Å²) in [5.74, 6) is -1.20. The Morgan fingerprint density at radius 3 is 2.32 bits per heavy atom. The highest BCUT2D eigenvalue weighted by atomic mass is 19.4. The van der Waals surface area contributed by atoms with Gasteiger partial charge in [0.15, 0.2) is 0 Å². The maximum Gasteiger partial charge on any atom is 0.394 e. The molecule has 0 fully saturated rings. The predicted molar refractivity (Wildman–Crippen MR) is 126 cm³/mol. The van der Waals surface area contributed by atoms with Gasteiger partial charge in [0.1, 0.15) is 5.75 Å². The second-order valence-electron chi connectivity index (χ2n) is 8.76. The molecule has 0 aromatic heterocycles. The highest BCUT2D eigenvalue weighted by molar-refractivity contribution is 6.01. The zero-order valence-corrected chi connectivity index (χ0v) is 19.5. The lowest BCUT2D eigenvalue weighted by Crippen LogP contribution is -2.47. The van der Waals surface area contributed by atoms with Gasteiger partial charge in [-0.2, -0.15) is 13.2 Å². The van der Waals surface area contributed by atoms with Crippen LogP contribution in [0.3, 0.4) is 0 Å². The van der Waals surface area contributed by atoms with Crippen molar-refractivity contribution in [1.29, 1.82) is 0 Å². The molecule has 182 valence electrons. The van der Waals surface area contributed by atoms with Crippen LogP contribution < -0.4 is 15.4 Å². The third-order valence-electron chi connectivity index (χ3n) is 6.17. The first kappa shape index (κ1) is 25.3. The van der Waals surface area contributed by atoms with E-state index in [9.17, 15) is 22.4 Å². The average molecular weight is 477 g/mol. The zero-order valence-electron chi connectivity index (χ0n) is 19.5. The quantitative estimate of drug-likeness (QED) is 0.394. The lowest BCUT2D eigenvalue weighted by molar-refractivity contribution is -0.190. The number of rotatable bonds is 3. The van der Waals surface area contributed by atoms with E-state index in [4.69, 9.17) is 4.74 Å². The van der Waals surface area contributed by atoms with Crippen molar-refractivity contribution in [3.8, 4) is 5.75 Å². The van der Waals surface area contributed by atoms with Gasteiger partial charge in [0, 0.05) is 10.9 Å². The number of hydrogen-bond donors (Lipinski definition) is 2. The molecule has 2 N–H and O–H groups in total. The SMILES string of the molecule is CF.COc1cccc2c1C(C)(C)CC(C(F)(F)F)C2NC(=O)Nc1cccc2ccccc12. The van der Waals surface area contributed by atoms with Gasteiger partial charge in [-0.3, -0.25) is 4.39 Å². The summed E-state index contributed by atoms with van der Waals surface area (Å²) >= 11 is 0. The van der Waals surface area contributed by atoms with Crippen LogP contribution in [0.2, 0.25) is 0 Å². The van der Waals surface area contributed by atoms with E-state index in [1.807, 2.05) is 30.3 Å². The number of urea groups is 1. The van der Waals surface area contributed by atoms with E-state index in [1.165, 1.54) is 7.11 Å². The van der Waals surface area contributed by atoms with E-state index in [1.54, 1.807) is 44.2 Å². The van der Waals surface area contributed by atoms with Crippen LogP contribution >= 0.6 is 0 Å². The van der Waals surface area contributed by atoms with Crippen molar-refractivity contribution in [2.24, 2.45) is 5.92 Å². The smallest absolute Gasteiger partial charge is 0.394 e. The molecule has 0 aliphatic heterocycles. The van der Waals surface area contributed by atoms with Crippen LogP contribution in [0.4, 0.5) is 28.0 Å². The van der Waals surface area contributed by atoms with Crippen molar-refractivity contribution in [2.45, 2.75) is 37.9 Å². The minimum Gasteiger partial charge on any atom is -0.496 e. The molecule has 1 aliphatic rings. The van der Waals surface area contributed by atoms with Crippen LogP contribution in [0.15, 0.2) is 60.7 Å². The van der Waals surface area contributed by atoms with Gasteiger partial charge in [0.05, 0.1) is 31.9 Å². The van der Waals surface area contributed by atoms with Crippen LogP contribution in [-0.2, 0) is 5.41 Å². The first-order valence-electron chi connectivity index (χ1n) is 10.8. The molecule has 3 aromatic rings. The zero-order chi connectivity index (χ0) is 25.1. The molecule has 2 unspecified atom stereocenters. The molecule has 0 radical (unpaired) electrons. The van der Waals surface area contributed by atoms with Crippen LogP contribution in [0.5, 0.6) is 5.75 Å². The standard InChI is InChI=1S/C25H25F3N2O2.CH3F/c1-24(2)14-18(25(26,27)28)22(17-11-7-13-20(32-3)21(17)24)30-23(31)29-19-12-6-9-15-8-4-5-10-16(15)19;1-2/h4-13,18,22H,14H2,1-3H3,(H2,29,30,31);1H3. The Morgan fingerprint density at radius 2 is 1.65 bits per heavy atom. The van der Waals surface area contributed by atoms with Crippen LogP contribution in [0.25, 0.3) is 10.8 Å². The number of hydrogen-bond acceptors (Lipinski definition) is 2. The Bertz CT molecular complexity index is 1160. The summed E-state index contributed by atoms with van der Waals surface area (Å²) in [6.07, 6.45) is -4.64. The molecule has 0 bridgehead atoms. The summed E-state index contributed by atoms with van der Waals surface area (Å²) in [4.78, 5) is 12.9. The predicted octanol–water partition coefficient (Wildman–Crippen LogP) is 7.16. The Kier molecular flexibility index (Phi) is 7.38. The highest BCUT2D eigenvalue weighted by Gasteiger charge is 2.53. The molecule has 8 heteroatoms. The van der Waals surface area contributed by atoms with Gasteiger partial charge in [0.25, 0.3) is 0 Å². The van der Waals surface area contributed by atoms with E-state index in [2.05, 4.69) is 10.6 Å². The monoisotopic (exact) mass is 476 g/mol. The van der Waals surface area contributed by atoms with E-state index in [0.717, 1.165) is 10.8 Å². The van der Waals surface area contributed by atoms with E-state index in [0.29, 0.717) is 29.7 Å². The summed E-state index contributed by atoms with van der Waals surface area (Å²) in [6, 6.07) is 16.0. The molecule has 1 aliphatic carbocycles. The number of anilines is 1. The first-order chi connectivity index (χ1) is 16.1. The topological polar surface area (TPSA) is 50.4 Å². The van der Waals surface area contributed by atoms with Crippen molar-refractivity contribution >= 4 is 22.5 Å². The van der Waals surface area contributed by atoms with E-state index >= 15 is 0 Å². The Hall–Kier alpha value is -3.29. The summed E-state index contributed by atoms with van der Waals surface area (Å²) in [5.41, 5.74) is 0.882. The number of nitrogens with one attached hydrogen (secondary N) is 2. The lowest BCUT2D eigenvalue weighted by Gasteiger charge is -2.43. The Balaban J connectivity index is 0.00000158. The number of benzene rings is 3. The largest absolute Gasteiger partial charge is 0.496 e. The molecule has 2 atom stereocenters. The van der Waals surface area contributed by atoms with Gasteiger partial charge in [-0.05, 0) is 34.9 Å². The van der Waals surface area contributed by atoms with E-state index in [-0.39, 0.29) is 6.42 Å². The van der Waals surface area contributed by atoms with Gasteiger partial charge in [-0.1, -0.05) is 62.4 Å². The average Bonchev–Trinajstić information content (AvgIpc) is 2.81. The molecule has 0 spiro atoms. The number of ether oxygens (including phenoxy) is 1. The molecule has 3 aromatic carbocycles. The van der Waals surface area contributed by atoms with Gasteiger partial charge in [-0.25, -0.2) is 4.79 Å². The fraction of sp³-hybridized carbons (Fsp3) is 0.346. The minimum atomic E-state index is -4.48. The Labute approximate surface area is 196 Å². The number of alkyl halides is 4. The molecule has 4 nitrogen and oxygen atoms in total. The third kappa shape index (κ3) is 4.95. The van der Waals surface area contributed by atoms with Gasteiger partial charge in [0.2, 0.25) is 0 Å². The van der Waals surface area contributed by atoms with Crippen molar-refractivity contribution in [3.63, 3.8) is 0 Å². The number of methoxy groups -OCH3 is 1. The molecular weight excluding hydrogens is 448 g/mol. The molecule has 0 heterocycles. The number of carbonyl (C=O) groups is 1. The molecule has 0 saturated carbocycles. The van der Waals surface area contributed by atoms with Crippen molar-refractivity contribution in [1.82, 2.24) is 5.32 Å². The number of halogens is 4. The summed E-state index contributed by atoms with van der Waals surface area (Å²) in [6.45, 7) is 3.55. The number of carbonyl (C=O) groups excluding carboxylic acids is 1. The summed E-state index contributed by atoms with van der Waals surface area (Å²) < 4.78 is 57.2. The number of amides is 2. The second kappa shape index (κ2) is 9.91. The normalized spacial score (nSPS) is 18.8. The molecule has 34 heavy (non-hydrogen) atoms. The highest BCUT2D eigenvalue weighted by Crippen LogP contribution is 2.53. The van der Waals surface area contributed by atoms with Crippen LogP contribution in [0, 0.1) is 5.92 Å². The minimum absolute atomic E-state index is 0.164. The van der Waals surface area contributed by atoms with Gasteiger partial charge >= 0.3 is 12.2 Å².